The Morgan fingerprint density at radius 3 is 2.64 bits per heavy atom. The van der Waals surface area contributed by atoms with Crippen molar-refractivity contribution in [3.63, 3.8) is 0 Å². The maximum Gasteiger partial charge on any atom is 0.326 e. The van der Waals surface area contributed by atoms with Gasteiger partial charge in [0.1, 0.15) is 6.04 Å². The van der Waals surface area contributed by atoms with Gasteiger partial charge in [-0.1, -0.05) is 26.7 Å². The molecule has 7 nitrogen and oxygen atoms in total. The van der Waals surface area contributed by atoms with Crippen molar-refractivity contribution >= 4 is 33.5 Å². The molecule has 0 aromatic carbocycles. The third-order valence-electron chi connectivity index (χ3n) is 3.11. The van der Waals surface area contributed by atoms with Gasteiger partial charge in [0.05, 0.1) is 0 Å². The van der Waals surface area contributed by atoms with Crippen LogP contribution in [-0.4, -0.2) is 52.0 Å². The van der Waals surface area contributed by atoms with Gasteiger partial charge in [0, 0.05) is 35.4 Å². The van der Waals surface area contributed by atoms with Crippen LogP contribution in [0.15, 0.2) is 5.11 Å². The SMILES string of the molecule is C[C@@H](C(=O)O)N(C)C(=O)CCC(C)(C)SSCCCN=[N+]=[N-]. The summed E-state index contributed by atoms with van der Waals surface area (Å²) in [6, 6.07) is -0.807. The van der Waals surface area contributed by atoms with Crippen molar-refractivity contribution in [2.24, 2.45) is 5.11 Å². The first-order valence-electron chi connectivity index (χ1n) is 7.01. The van der Waals surface area contributed by atoms with Crippen LogP contribution in [0, 0.1) is 0 Å². The number of hydrogen-bond donors (Lipinski definition) is 1. The van der Waals surface area contributed by atoms with E-state index in [-0.39, 0.29) is 10.7 Å². The van der Waals surface area contributed by atoms with Crippen LogP contribution in [-0.2, 0) is 9.59 Å². The van der Waals surface area contributed by atoms with Crippen LogP contribution in [0.25, 0.3) is 10.4 Å². The number of carbonyl (C=O) groups is 2. The summed E-state index contributed by atoms with van der Waals surface area (Å²) in [5.74, 6) is -0.270. The van der Waals surface area contributed by atoms with Crippen molar-refractivity contribution in [2.45, 2.75) is 50.8 Å². The summed E-state index contributed by atoms with van der Waals surface area (Å²) >= 11 is 0. The van der Waals surface area contributed by atoms with Gasteiger partial charge in [-0.05, 0) is 39.1 Å². The topological polar surface area (TPSA) is 106 Å². The molecular weight excluding hydrogens is 324 g/mol. The highest BCUT2D eigenvalue weighted by molar-refractivity contribution is 8.77. The Kier molecular flexibility index (Phi) is 10.1. The zero-order valence-electron chi connectivity index (χ0n) is 13.5. The molecule has 0 spiro atoms. The van der Waals surface area contributed by atoms with Crippen LogP contribution >= 0.6 is 21.6 Å². The fraction of sp³-hybridized carbons (Fsp3) is 0.846. The maximum atomic E-state index is 12.0. The van der Waals surface area contributed by atoms with E-state index in [4.69, 9.17) is 10.6 Å². The number of rotatable bonds is 11. The zero-order chi connectivity index (χ0) is 17.2. The number of amides is 1. The minimum absolute atomic E-state index is 0.0773. The molecule has 1 N–H and O–H groups in total. The second-order valence-electron chi connectivity index (χ2n) is 5.49. The normalized spacial score (nSPS) is 12.4. The Bertz CT molecular complexity index is 426. The average Bonchev–Trinajstić information content (AvgIpc) is 2.46. The molecule has 0 heterocycles. The van der Waals surface area contributed by atoms with Crippen molar-refractivity contribution in [1.82, 2.24) is 4.90 Å². The fourth-order valence-electron chi connectivity index (χ4n) is 1.45. The standard InChI is InChI=1S/C13H24N4O3S2/c1-10(12(19)20)17(4)11(18)6-7-13(2,3)22-21-9-5-8-15-16-14/h10H,5-9H2,1-4H3,(H,19,20)/t10-/m0/s1. The third kappa shape index (κ3) is 9.07. The van der Waals surface area contributed by atoms with Crippen molar-refractivity contribution < 1.29 is 14.7 Å². The largest absolute Gasteiger partial charge is 0.480 e. The molecule has 0 aliphatic heterocycles. The van der Waals surface area contributed by atoms with Crippen molar-refractivity contribution in [3.05, 3.63) is 10.4 Å². The van der Waals surface area contributed by atoms with E-state index in [0.29, 0.717) is 19.4 Å². The van der Waals surface area contributed by atoms with E-state index in [1.165, 1.54) is 18.9 Å². The van der Waals surface area contributed by atoms with Crippen LogP contribution in [0.3, 0.4) is 0 Å². The van der Waals surface area contributed by atoms with Crippen LogP contribution in [0.5, 0.6) is 0 Å². The summed E-state index contributed by atoms with van der Waals surface area (Å²) in [7, 11) is 4.92. The first-order chi connectivity index (χ1) is 10.2. The van der Waals surface area contributed by atoms with E-state index in [0.717, 1.165) is 12.2 Å². The second kappa shape index (κ2) is 10.6. The van der Waals surface area contributed by atoms with E-state index in [1.54, 1.807) is 21.6 Å². The summed E-state index contributed by atoms with van der Waals surface area (Å²) in [6.07, 6.45) is 1.83. The molecule has 126 valence electrons. The summed E-state index contributed by atoms with van der Waals surface area (Å²) in [5, 5.41) is 12.4. The molecule has 0 saturated heterocycles. The maximum absolute atomic E-state index is 12.0. The number of nitrogens with zero attached hydrogens (tertiary/aromatic N) is 4. The first kappa shape index (κ1) is 20.9. The van der Waals surface area contributed by atoms with E-state index in [1.807, 2.05) is 0 Å². The van der Waals surface area contributed by atoms with E-state index in [2.05, 4.69) is 23.9 Å². The number of carboxylic acid groups (broad SMARTS) is 1. The van der Waals surface area contributed by atoms with Gasteiger partial charge in [0.15, 0.2) is 0 Å². The lowest BCUT2D eigenvalue weighted by atomic mass is 10.1. The van der Waals surface area contributed by atoms with Gasteiger partial charge in [0.2, 0.25) is 5.91 Å². The molecule has 0 aromatic rings. The number of carbonyl (C=O) groups excluding carboxylic acids is 1. The molecule has 1 amide bonds. The minimum Gasteiger partial charge on any atom is -0.480 e. The number of carboxylic acids is 1. The monoisotopic (exact) mass is 348 g/mol. The lowest BCUT2D eigenvalue weighted by Crippen LogP contribution is -2.40. The highest BCUT2D eigenvalue weighted by Gasteiger charge is 2.25. The molecule has 0 saturated carbocycles. The van der Waals surface area contributed by atoms with Gasteiger partial charge in [-0.2, -0.15) is 0 Å². The predicted molar refractivity (Wildman–Crippen MR) is 91.9 cm³/mol. The highest BCUT2D eigenvalue weighted by atomic mass is 33.1. The number of hydrogen-bond acceptors (Lipinski definition) is 5. The van der Waals surface area contributed by atoms with E-state index in [9.17, 15) is 9.59 Å². The summed E-state index contributed by atoms with van der Waals surface area (Å²) in [6.45, 7) is 6.12. The lowest BCUT2D eigenvalue weighted by molar-refractivity contribution is -0.148. The van der Waals surface area contributed by atoms with E-state index < -0.39 is 12.0 Å². The van der Waals surface area contributed by atoms with Crippen LogP contribution < -0.4 is 0 Å². The zero-order valence-corrected chi connectivity index (χ0v) is 15.1. The van der Waals surface area contributed by atoms with Crippen LogP contribution in [0.4, 0.5) is 0 Å². The molecule has 0 rings (SSSR count). The second-order valence-corrected chi connectivity index (χ2v) is 8.61. The van der Waals surface area contributed by atoms with Gasteiger partial charge in [-0.25, -0.2) is 4.79 Å². The molecule has 0 unspecified atom stereocenters. The Labute approximate surface area is 139 Å². The van der Waals surface area contributed by atoms with Crippen molar-refractivity contribution in [2.75, 3.05) is 19.3 Å². The molecule has 1 atom stereocenters. The molecule has 0 fully saturated rings. The van der Waals surface area contributed by atoms with E-state index >= 15 is 0 Å². The quantitative estimate of drug-likeness (QED) is 0.202. The molecule has 22 heavy (non-hydrogen) atoms. The highest BCUT2D eigenvalue weighted by Crippen LogP contribution is 2.39. The summed E-state index contributed by atoms with van der Waals surface area (Å²) < 4.78 is -0.0773. The van der Waals surface area contributed by atoms with Gasteiger partial charge >= 0.3 is 5.97 Å². The summed E-state index contributed by atoms with van der Waals surface area (Å²) in [4.78, 5) is 26.8. The first-order valence-corrected chi connectivity index (χ1v) is 9.33. The molecule has 0 aromatic heterocycles. The molecular formula is C13H24N4O3S2. The number of azide groups is 1. The van der Waals surface area contributed by atoms with Gasteiger partial charge < -0.3 is 10.0 Å². The molecule has 0 aliphatic rings. The third-order valence-corrected chi connectivity index (χ3v) is 6.54. The van der Waals surface area contributed by atoms with Gasteiger partial charge in [-0.3, -0.25) is 4.79 Å². The minimum atomic E-state index is -1.000. The van der Waals surface area contributed by atoms with Crippen LogP contribution in [0.2, 0.25) is 0 Å². The number of likely N-dealkylation sites (N-methyl/N-ethyl adjacent to an activating group) is 1. The van der Waals surface area contributed by atoms with Gasteiger partial charge in [-0.15, -0.1) is 0 Å². The molecule has 9 heteroatoms. The number of aliphatic carboxylic acids is 1. The smallest absolute Gasteiger partial charge is 0.326 e. The van der Waals surface area contributed by atoms with Crippen molar-refractivity contribution in [3.8, 4) is 0 Å². The fourth-order valence-corrected chi connectivity index (χ4v) is 4.09. The average molecular weight is 348 g/mol. The van der Waals surface area contributed by atoms with Crippen LogP contribution in [0.1, 0.15) is 40.0 Å². The molecule has 0 bridgehead atoms. The van der Waals surface area contributed by atoms with Crippen molar-refractivity contribution in [1.29, 1.82) is 0 Å². The molecule has 0 radical (unpaired) electrons. The Hall–Kier alpha value is -1.05. The Balaban J connectivity index is 4.07. The lowest BCUT2D eigenvalue weighted by Gasteiger charge is -2.26. The Morgan fingerprint density at radius 1 is 1.45 bits per heavy atom. The predicted octanol–water partition coefficient (Wildman–Crippen LogP) is 3.56. The molecule has 0 aliphatic carbocycles. The van der Waals surface area contributed by atoms with Gasteiger partial charge in [0.25, 0.3) is 0 Å². The Morgan fingerprint density at radius 2 is 2.09 bits per heavy atom. The summed E-state index contributed by atoms with van der Waals surface area (Å²) in [5.41, 5.74) is 8.17.